The summed E-state index contributed by atoms with van der Waals surface area (Å²) in [6.45, 7) is 5.92. The number of hydrogen-bond acceptors (Lipinski definition) is 5. The zero-order chi connectivity index (χ0) is 20.5. The Balaban J connectivity index is 1.61. The molecule has 7 heteroatoms. The fourth-order valence-corrected chi connectivity index (χ4v) is 7.98. The van der Waals surface area contributed by atoms with Gasteiger partial charge >= 0.3 is 10.4 Å². The first-order valence-corrected chi connectivity index (χ1v) is 11.9. The number of ketones is 1. The Kier molecular flexibility index (Phi) is 4.66. The van der Waals surface area contributed by atoms with Gasteiger partial charge in [0.2, 0.25) is 0 Å². The third kappa shape index (κ3) is 2.84. The molecule has 0 amide bonds. The fraction of sp³-hybridized carbons (Fsp3) is 0.857. The van der Waals surface area contributed by atoms with E-state index in [1.807, 2.05) is 0 Å². The smallest absolute Gasteiger partial charge is 0.382 e. The minimum atomic E-state index is -4.43. The Morgan fingerprint density at radius 1 is 1.14 bits per heavy atom. The average molecular weight is 413 g/mol. The normalized spacial score (nSPS) is 48.2. The van der Waals surface area contributed by atoms with Crippen LogP contribution in [0.5, 0.6) is 0 Å². The van der Waals surface area contributed by atoms with Crippen LogP contribution in [0.4, 0.5) is 0 Å². The van der Waals surface area contributed by atoms with Gasteiger partial charge in [-0.1, -0.05) is 25.5 Å². The van der Waals surface area contributed by atoms with Gasteiger partial charge in [0.05, 0.1) is 6.10 Å². The maximum absolute atomic E-state index is 12.3. The van der Waals surface area contributed by atoms with Crippen LogP contribution >= 0.6 is 0 Å². The van der Waals surface area contributed by atoms with Crippen LogP contribution < -0.4 is 0 Å². The van der Waals surface area contributed by atoms with Crippen molar-refractivity contribution in [3.05, 3.63) is 11.6 Å². The number of rotatable bonds is 3. The second-order valence-electron chi connectivity index (χ2n) is 10.1. The molecule has 0 heterocycles. The summed E-state index contributed by atoms with van der Waals surface area (Å²) in [4.78, 5) is 12.3. The van der Waals surface area contributed by atoms with Crippen LogP contribution in [0.3, 0.4) is 0 Å². The van der Waals surface area contributed by atoms with Crippen molar-refractivity contribution in [3.63, 3.8) is 0 Å². The molecule has 0 bridgehead atoms. The van der Waals surface area contributed by atoms with Crippen LogP contribution in [-0.2, 0) is 19.4 Å². The minimum absolute atomic E-state index is 0.000252. The Morgan fingerprint density at radius 3 is 2.46 bits per heavy atom. The highest BCUT2D eigenvalue weighted by molar-refractivity contribution is 7.80. The van der Waals surface area contributed by atoms with Crippen LogP contribution in [0.2, 0.25) is 0 Å². The number of carbonyl (C=O) groups excluding carboxylic acids is 1. The third-order valence-electron chi connectivity index (χ3n) is 9.05. The molecular formula is C21H32O6S. The van der Waals surface area contributed by atoms with E-state index in [-0.39, 0.29) is 16.6 Å². The molecule has 3 saturated carbocycles. The van der Waals surface area contributed by atoms with E-state index in [0.29, 0.717) is 37.0 Å². The zero-order valence-corrected chi connectivity index (χ0v) is 17.8. The maximum atomic E-state index is 12.3. The molecule has 158 valence electrons. The molecule has 28 heavy (non-hydrogen) atoms. The summed E-state index contributed by atoms with van der Waals surface area (Å²) in [5.74, 6) is 1.16. The number of fused-ring (bicyclic) bond motifs is 5. The molecular weight excluding hydrogens is 380 g/mol. The van der Waals surface area contributed by atoms with Gasteiger partial charge in [-0.2, -0.15) is 8.42 Å². The minimum Gasteiger partial charge on any atom is -0.382 e. The van der Waals surface area contributed by atoms with Gasteiger partial charge in [-0.3, -0.25) is 9.35 Å². The molecule has 6 nitrogen and oxygen atoms in total. The first kappa shape index (κ1) is 20.5. The van der Waals surface area contributed by atoms with Crippen molar-refractivity contribution < 1.29 is 27.1 Å². The van der Waals surface area contributed by atoms with Gasteiger partial charge in [0.1, 0.15) is 5.60 Å². The SMILES string of the molecule is CC(=O)[C@]1(O)CC[C@@H]2[C@H]3CC=C4C[C@H](OS(=O)(=O)O)CC[C@]4(C)[C@@H]3CC[C@]21C. The van der Waals surface area contributed by atoms with Crippen molar-refractivity contribution in [3.8, 4) is 0 Å². The lowest BCUT2D eigenvalue weighted by molar-refractivity contribution is -0.159. The molecule has 0 saturated heterocycles. The van der Waals surface area contributed by atoms with E-state index in [1.165, 1.54) is 12.5 Å². The lowest BCUT2D eigenvalue weighted by Gasteiger charge is -2.58. The molecule has 2 N–H and O–H groups in total. The van der Waals surface area contributed by atoms with Crippen LogP contribution in [0.1, 0.15) is 72.1 Å². The molecule has 0 radical (unpaired) electrons. The molecule has 4 rings (SSSR count). The molecule has 0 aromatic heterocycles. The highest BCUT2D eigenvalue weighted by atomic mass is 32.3. The largest absolute Gasteiger partial charge is 0.397 e. The standard InChI is InChI=1S/C21H32O6S/c1-13(22)21(23)11-8-18-16-5-4-14-12-15(27-28(24,25)26)6-9-19(14,2)17(16)7-10-20(18,21)3/h4,15-18,23H,5-12H2,1-3H3,(H,24,25,26)/t15-,16+,17-,18-,19+,20-,21-/m1/s1. The van der Waals surface area contributed by atoms with Gasteiger partial charge < -0.3 is 5.11 Å². The van der Waals surface area contributed by atoms with Gasteiger partial charge in [0.15, 0.2) is 5.78 Å². The number of aliphatic hydroxyl groups is 1. The van der Waals surface area contributed by atoms with Gasteiger partial charge in [-0.25, -0.2) is 4.18 Å². The molecule has 0 unspecified atom stereocenters. The van der Waals surface area contributed by atoms with Crippen molar-refractivity contribution in [1.29, 1.82) is 0 Å². The molecule has 4 aliphatic rings. The summed E-state index contributed by atoms with van der Waals surface area (Å²) in [5.41, 5.74) is -0.307. The van der Waals surface area contributed by atoms with E-state index in [1.54, 1.807) is 0 Å². The Bertz CT molecular complexity index is 819. The third-order valence-corrected chi connectivity index (χ3v) is 9.57. The summed E-state index contributed by atoms with van der Waals surface area (Å²) >= 11 is 0. The molecule has 4 aliphatic carbocycles. The summed E-state index contributed by atoms with van der Waals surface area (Å²) in [6.07, 6.45) is 7.92. The number of hydrogen-bond donors (Lipinski definition) is 2. The molecule has 0 aliphatic heterocycles. The summed E-state index contributed by atoms with van der Waals surface area (Å²) in [5, 5.41) is 11.2. The van der Waals surface area contributed by atoms with E-state index in [4.69, 9.17) is 8.74 Å². The van der Waals surface area contributed by atoms with E-state index in [2.05, 4.69) is 19.9 Å². The highest BCUT2D eigenvalue weighted by Gasteiger charge is 2.65. The second-order valence-corrected chi connectivity index (χ2v) is 11.1. The first-order chi connectivity index (χ1) is 12.9. The first-order valence-electron chi connectivity index (χ1n) is 10.5. The molecule has 7 atom stereocenters. The second kappa shape index (κ2) is 6.37. The van der Waals surface area contributed by atoms with Crippen molar-refractivity contribution in [1.82, 2.24) is 0 Å². The highest BCUT2D eigenvalue weighted by Crippen LogP contribution is 2.67. The Morgan fingerprint density at radius 2 is 1.82 bits per heavy atom. The number of carbonyl (C=O) groups is 1. The van der Waals surface area contributed by atoms with E-state index in [0.717, 1.165) is 32.1 Å². The van der Waals surface area contributed by atoms with Gasteiger partial charge in [-0.15, -0.1) is 0 Å². The van der Waals surface area contributed by atoms with Crippen molar-refractivity contribution in [2.24, 2.45) is 28.6 Å². The summed E-state index contributed by atoms with van der Waals surface area (Å²) in [7, 11) is -4.43. The molecule has 3 fully saturated rings. The number of allylic oxidation sites excluding steroid dienone is 1. The topological polar surface area (TPSA) is 101 Å². The van der Waals surface area contributed by atoms with Crippen LogP contribution in [0.25, 0.3) is 0 Å². The van der Waals surface area contributed by atoms with E-state index < -0.39 is 22.1 Å². The lowest BCUT2D eigenvalue weighted by atomic mass is 9.47. The van der Waals surface area contributed by atoms with Crippen LogP contribution in [0.15, 0.2) is 11.6 Å². The predicted molar refractivity (Wildman–Crippen MR) is 104 cm³/mol. The van der Waals surface area contributed by atoms with Crippen molar-refractivity contribution in [2.45, 2.75) is 83.8 Å². The van der Waals surface area contributed by atoms with Gasteiger partial charge in [-0.05, 0) is 81.5 Å². The Hall–Kier alpha value is -0.760. The number of Topliss-reactive ketones (excluding diaryl/α,β-unsaturated/α-hetero) is 1. The molecule has 0 spiro atoms. The molecule has 0 aromatic rings. The summed E-state index contributed by atoms with van der Waals surface area (Å²) in [6, 6.07) is 0. The van der Waals surface area contributed by atoms with Crippen molar-refractivity contribution in [2.75, 3.05) is 0 Å². The van der Waals surface area contributed by atoms with Gasteiger partial charge in [0.25, 0.3) is 0 Å². The lowest BCUT2D eigenvalue weighted by Crippen LogP contribution is -2.57. The van der Waals surface area contributed by atoms with E-state index >= 15 is 0 Å². The monoisotopic (exact) mass is 412 g/mol. The summed E-state index contributed by atoms with van der Waals surface area (Å²) < 4.78 is 36.1. The van der Waals surface area contributed by atoms with Crippen molar-refractivity contribution >= 4 is 16.2 Å². The van der Waals surface area contributed by atoms with Crippen LogP contribution in [0, 0.1) is 28.6 Å². The average Bonchev–Trinajstić information content (AvgIpc) is 2.87. The van der Waals surface area contributed by atoms with E-state index in [9.17, 15) is 18.3 Å². The maximum Gasteiger partial charge on any atom is 0.397 e. The fourth-order valence-electron chi connectivity index (χ4n) is 7.48. The Labute approximate surface area is 167 Å². The zero-order valence-electron chi connectivity index (χ0n) is 17.0. The quantitative estimate of drug-likeness (QED) is 0.544. The predicted octanol–water partition coefficient (Wildman–Crippen LogP) is 3.46. The van der Waals surface area contributed by atoms with Crippen LogP contribution in [-0.4, -0.2) is 35.6 Å². The van der Waals surface area contributed by atoms with Gasteiger partial charge in [0, 0.05) is 5.41 Å². The molecule has 0 aromatic carbocycles.